The molecule has 1 aromatic heterocycles. The highest BCUT2D eigenvalue weighted by Crippen LogP contribution is 2.26. The van der Waals surface area contributed by atoms with Crippen LogP contribution in [0.15, 0.2) is 35.4 Å². The average molecular weight is 301 g/mol. The minimum atomic E-state index is -0.705. The van der Waals surface area contributed by atoms with E-state index in [1.165, 1.54) is 0 Å². The number of hydrogen-bond acceptors (Lipinski definition) is 4. The molecule has 118 valence electrons. The molecule has 1 aliphatic rings. The molecule has 1 aromatic carbocycles. The molecule has 0 radical (unpaired) electrons. The summed E-state index contributed by atoms with van der Waals surface area (Å²) in [5.41, 5.74) is 0.0345. The van der Waals surface area contributed by atoms with Gasteiger partial charge in [-0.25, -0.2) is 4.98 Å². The summed E-state index contributed by atoms with van der Waals surface area (Å²) >= 11 is 0. The van der Waals surface area contributed by atoms with E-state index >= 15 is 0 Å². The Morgan fingerprint density at radius 2 is 2.09 bits per heavy atom. The topological polar surface area (TPSA) is 58.4 Å². The van der Waals surface area contributed by atoms with Gasteiger partial charge in [-0.05, 0) is 45.4 Å². The van der Waals surface area contributed by atoms with E-state index in [4.69, 9.17) is 0 Å². The van der Waals surface area contributed by atoms with Crippen molar-refractivity contribution in [3.63, 3.8) is 0 Å². The highest BCUT2D eigenvalue weighted by Gasteiger charge is 2.35. The van der Waals surface area contributed by atoms with Gasteiger partial charge in [0.15, 0.2) is 0 Å². The van der Waals surface area contributed by atoms with Gasteiger partial charge in [-0.2, -0.15) is 0 Å². The molecule has 0 saturated carbocycles. The summed E-state index contributed by atoms with van der Waals surface area (Å²) in [4.78, 5) is 19.1. The molecule has 1 unspecified atom stereocenters. The number of nitrogens with zero attached hydrogens (tertiary/aromatic N) is 3. The minimum absolute atomic E-state index is 0.00426. The average Bonchev–Trinajstić information content (AvgIpc) is 2.95. The van der Waals surface area contributed by atoms with E-state index in [1.54, 1.807) is 10.9 Å². The van der Waals surface area contributed by atoms with Gasteiger partial charge in [0.05, 0.1) is 22.8 Å². The van der Waals surface area contributed by atoms with Crippen molar-refractivity contribution in [2.45, 2.75) is 44.9 Å². The Morgan fingerprint density at radius 3 is 2.86 bits per heavy atom. The Morgan fingerprint density at radius 1 is 1.32 bits per heavy atom. The van der Waals surface area contributed by atoms with Gasteiger partial charge in [-0.3, -0.25) is 14.3 Å². The van der Waals surface area contributed by atoms with Crippen LogP contribution in [0, 0.1) is 0 Å². The zero-order valence-electron chi connectivity index (χ0n) is 13.2. The molecule has 0 amide bonds. The zero-order valence-corrected chi connectivity index (χ0v) is 13.2. The number of fused-ring (bicyclic) bond motifs is 1. The van der Waals surface area contributed by atoms with Crippen molar-refractivity contribution >= 4 is 10.9 Å². The largest absolute Gasteiger partial charge is 0.389 e. The molecule has 1 aliphatic heterocycles. The molecule has 2 heterocycles. The van der Waals surface area contributed by atoms with E-state index in [2.05, 4.69) is 9.88 Å². The van der Waals surface area contributed by atoms with Gasteiger partial charge in [0.2, 0.25) is 0 Å². The van der Waals surface area contributed by atoms with Crippen LogP contribution >= 0.6 is 0 Å². The highest BCUT2D eigenvalue weighted by atomic mass is 16.3. The van der Waals surface area contributed by atoms with Gasteiger partial charge in [0.1, 0.15) is 0 Å². The van der Waals surface area contributed by atoms with E-state index < -0.39 is 5.60 Å². The van der Waals surface area contributed by atoms with Crippen molar-refractivity contribution in [1.82, 2.24) is 14.5 Å². The van der Waals surface area contributed by atoms with Crippen LogP contribution in [0.5, 0.6) is 0 Å². The van der Waals surface area contributed by atoms with Crippen LogP contribution in [0.4, 0.5) is 0 Å². The molecule has 1 fully saturated rings. The normalized spacial score (nSPS) is 19.9. The molecule has 1 saturated heterocycles. The smallest absolute Gasteiger partial charge is 0.261 e. The second-order valence-corrected chi connectivity index (χ2v) is 6.61. The standard InChI is InChI=1S/C17H23N3O2/c1-17(2,22)15-8-5-9-19(15)10-11-20-12-18-14-7-4-3-6-13(14)16(20)21/h3-4,6-7,12,15,22H,5,8-11H2,1-2H3. The second-order valence-electron chi connectivity index (χ2n) is 6.61. The fraction of sp³-hybridized carbons (Fsp3) is 0.529. The Hall–Kier alpha value is -1.72. The van der Waals surface area contributed by atoms with Crippen molar-refractivity contribution in [2.24, 2.45) is 0 Å². The van der Waals surface area contributed by atoms with Crippen molar-refractivity contribution < 1.29 is 5.11 Å². The van der Waals surface area contributed by atoms with Crippen LogP contribution in [-0.2, 0) is 6.54 Å². The van der Waals surface area contributed by atoms with Gasteiger partial charge < -0.3 is 5.11 Å². The van der Waals surface area contributed by atoms with Gasteiger partial charge in [-0.15, -0.1) is 0 Å². The summed E-state index contributed by atoms with van der Waals surface area (Å²) in [6, 6.07) is 7.58. The molecule has 2 aromatic rings. The van der Waals surface area contributed by atoms with Gasteiger partial charge in [0, 0.05) is 19.1 Å². The lowest BCUT2D eigenvalue weighted by atomic mass is 9.97. The third-order valence-electron chi connectivity index (χ3n) is 4.54. The van der Waals surface area contributed by atoms with Gasteiger partial charge >= 0.3 is 0 Å². The molecule has 1 atom stereocenters. The van der Waals surface area contributed by atoms with Crippen LogP contribution < -0.4 is 5.56 Å². The minimum Gasteiger partial charge on any atom is -0.389 e. The lowest BCUT2D eigenvalue weighted by molar-refractivity contribution is -0.00332. The van der Waals surface area contributed by atoms with E-state index in [9.17, 15) is 9.90 Å². The number of hydrogen-bond donors (Lipinski definition) is 1. The molecule has 22 heavy (non-hydrogen) atoms. The summed E-state index contributed by atoms with van der Waals surface area (Å²) in [5, 5.41) is 10.9. The first-order chi connectivity index (χ1) is 10.5. The van der Waals surface area contributed by atoms with E-state index in [-0.39, 0.29) is 11.6 Å². The first kappa shape index (κ1) is 15.2. The van der Waals surface area contributed by atoms with E-state index in [0.717, 1.165) is 31.4 Å². The molecule has 5 nitrogen and oxygen atoms in total. The molecule has 5 heteroatoms. The summed E-state index contributed by atoms with van der Waals surface area (Å²) in [6.07, 6.45) is 3.73. The maximum absolute atomic E-state index is 12.5. The molecular weight excluding hydrogens is 278 g/mol. The van der Waals surface area contributed by atoms with Crippen molar-refractivity contribution in [1.29, 1.82) is 0 Å². The SMILES string of the molecule is CC(C)(O)C1CCCN1CCn1cnc2ccccc2c1=O. The summed E-state index contributed by atoms with van der Waals surface area (Å²) in [6.45, 7) is 6.06. The third kappa shape index (κ3) is 2.91. The number of benzene rings is 1. The second kappa shape index (κ2) is 5.82. The van der Waals surface area contributed by atoms with Crippen molar-refractivity contribution in [3.05, 3.63) is 40.9 Å². The molecule has 1 N–H and O–H groups in total. The van der Waals surface area contributed by atoms with E-state index in [0.29, 0.717) is 11.9 Å². The van der Waals surface area contributed by atoms with Crippen LogP contribution in [0.3, 0.4) is 0 Å². The monoisotopic (exact) mass is 301 g/mol. The third-order valence-corrected chi connectivity index (χ3v) is 4.54. The molecule has 0 bridgehead atoms. The summed E-state index contributed by atoms with van der Waals surface area (Å²) < 4.78 is 1.67. The number of likely N-dealkylation sites (tertiary alicyclic amines) is 1. The predicted molar refractivity (Wildman–Crippen MR) is 86.9 cm³/mol. The maximum Gasteiger partial charge on any atom is 0.261 e. The summed E-state index contributed by atoms with van der Waals surface area (Å²) in [5.74, 6) is 0. The fourth-order valence-corrected chi connectivity index (χ4v) is 3.40. The van der Waals surface area contributed by atoms with E-state index in [1.807, 2.05) is 38.1 Å². The number of aromatic nitrogens is 2. The zero-order chi connectivity index (χ0) is 15.7. The quantitative estimate of drug-likeness (QED) is 0.932. The Balaban J connectivity index is 1.77. The molecular formula is C17H23N3O2. The lowest BCUT2D eigenvalue weighted by Gasteiger charge is -2.33. The number of rotatable bonds is 4. The first-order valence-corrected chi connectivity index (χ1v) is 7.87. The van der Waals surface area contributed by atoms with Crippen molar-refractivity contribution in [2.75, 3.05) is 13.1 Å². The van der Waals surface area contributed by atoms with Gasteiger partial charge in [-0.1, -0.05) is 12.1 Å². The van der Waals surface area contributed by atoms with Crippen LogP contribution in [0.2, 0.25) is 0 Å². The lowest BCUT2D eigenvalue weighted by Crippen LogP contribution is -2.46. The maximum atomic E-state index is 12.5. The molecule has 3 rings (SSSR count). The van der Waals surface area contributed by atoms with Crippen LogP contribution in [0.1, 0.15) is 26.7 Å². The van der Waals surface area contributed by atoms with Crippen LogP contribution in [0.25, 0.3) is 10.9 Å². The summed E-state index contributed by atoms with van der Waals surface area (Å²) in [7, 11) is 0. The molecule has 0 aliphatic carbocycles. The highest BCUT2D eigenvalue weighted by molar-refractivity contribution is 5.76. The number of para-hydroxylation sites is 1. The predicted octanol–water partition coefficient (Wildman–Crippen LogP) is 1.63. The fourth-order valence-electron chi connectivity index (χ4n) is 3.40. The molecule has 0 spiro atoms. The Labute approximate surface area is 130 Å². The van der Waals surface area contributed by atoms with Gasteiger partial charge in [0.25, 0.3) is 5.56 Å². The number of aliphatic hydroxyl groups is 1. The first-order valence-electron chi connectivity index (χ1n) is 7.87. The Kier molecular flexibility index (Phi) is 4.02. The Bertz CT molecular complexity index is 718. The van der Waals surface area contributed by atoms with Crippen LogP contribution in [-0.4, -0.2) is 44.3 Å². The van der Waals surface area contributed by atoms with Crippen molar-refractivity contribution in [3.8, 4) is 0 Å².